The van der Waals surface area contributed by atoms with Crippen molar-refractivity contribution in [3.63, 3.8) is 0 Å². The van der Waals surface area contributed by atoms with Crippen molar-refractivity contribution in [1.82, 2.24) is 5.32 Å². The average molecular weight is 288 g/mol. The zero-order valence-corrected chi connectivity index (χ0v) is 11.6. The molecule has 98 valence electrons. The smallest absolute Gasteiger partial charge is 0.254 e. The van der Waals surface area contributed by atoms with Crippen LogP contribution in [-0.2, 0) is 0 Å². The molecule has 1 aromatic carbocycles. The molecule has 1 saturated carbocycles. The second-order valence-corrected chi connectivity index (χ2v) is 5.73. The van der Waals surface area contributed by atoms with Crippen LogP contribution in [0, 0.1) is 5.92 Å². The monoisotopic (exact) mass is 287 g/mol. The third-order valence-corrected chi connectivity index (χ3v) is 3.88. The number of hydrogen-bond donors (Lipinski definition) is 2. The Hall–Kier alpha value is -0.770. The predicted octanol–water partition coefficient (Wildman–Crippen LogP) is 2.88. The summed E-state index contributed by atoms with van der Waals surface area (Å²) in [5, 5.41) is 13.4. The lowest BCUT2D eigenvalue weighted by Gasteiger charge is -2.23. The molecule has 5 heteroatoms. The number of aliphatic hydroxyl groups is 1. The fourth-order valence-corrected chi connectivity index (χ4v) is 2.48. The van der Waals surface area contributed by atoms with E-state index in [0.717, 1.165) is 12.8 Å². The van der Waals surface area contributed by atoms with Crippen molar-refractivity contribution in [3.8, 4) is 0 Å². The van der Waals surface area contributed by atoms with Crippen LogP contribution in [0.5, 0.6) is 0 Å². The molecule has 1 amide bonds. The number of nitrogens with one attached hydrogen (secondary N) is 1. The van der Waals surface area contributed by atoms with E-state index in [2.05, 4.69) is 5.32 Å². The second-order valence-electron chi connectivity index (χ2n) is 4.91. The molecule has 3 nitrogen and oxygen atoms in total. The highest BCUT2D eigenvalue weighted by molar-refractivity contribution is 6.39. The number of benzene rings is 1. The van der Waals surface area contributed by atoms with Crippen molar-refractivity contribution < 1.29 is 9.90 Å². The highest BCUT2D eigenvalue weighted by Gasteiger charge is 2.40. The summed E-state index contributed by atoms with van der Waals surface area (Å²) in [7, 11) is 0. The van der Waals surface area contributed by atoms with Crippen molar-refractivity contribution in [1.29, 1.82) is 0 Å². The Morgan fingerprint density at radius 2 is 2.00 bits per heavy atom. The molecule has 1 atom stereocenters. The Kier molecular flexibility index (Phi) is 3.85. The first kappa shape index (κ1) is 13.7. The summed E-state index contributed by atoms with van der Waals surface area (Å²) in [5.41, 5.74) is -0.601. The van der Waals surface area contributed by atoms with Crippen molar-refractivity contribution in [2.24, 2.45) is 5.92 Å². The molecule has 0 saturated heterocycles. The van der Waals surface area contributed by atoms with Gasteiger partial charge < -0.3 is 10.4 Å². The van der Waals surface area contributed by atoms with Crippen LogP contribution in [0.2, 0.25) is 10.0 Å². The van der Waals surface area contributed by atoms with Crippen LogP contribution in [-0.4, -0.2) is 23.2 Å². The quantitative estimate of drug-likeness (QED) is 0.895. The molecule has 0 spiro atoms. The molecule has 0 aliphatic heterocycles. The Labute approximate surface area is 116 Å². The van der Waals surface area contributed by atoms with E-state index < -0.39 is 5.60 Å². The molecule has 1 fully saturated rings. The van der Waals surface area contributed by atoms with Gasteiger partial charge in [0.15, 0.2) is 0 Å². The van der Waals surface area contributed by atoms with Gasteiger partial charge in [-0.3, -0.25) is 4.79 Å². The molecule has 0 heterocycles. The minimum absolute atomic E-state index is 0.206. The second kappa shape index (κ2) is 5.08. The number of carbonyl (C=O) groups is 1. The minimum atomic E-state index is -0.858. The maximum Gasteiger partial charge on any atom is 0.254 e. The van der Waals surface area contributed by atoms with Crippen LogP contribution in [0.1, 0.15) is 30.1 Å². The van der Waals surface area contributed by atoms with Crippen molar-refractivity contribution in [3.05, 3.63) is 33.8 Å². The van der Waals surface area contributed by atoms with E-state index in [0.29, 0.717) is 10.0 Å². The van der Waals surface area contributed by atoms with Crippen LogP contribution in [0.15, 0.2) is 18.2 Å². The Morgan fingerprint density at radius 1 is 1.44 bits per heavy atom. The molecule has 0 bridgehead atoms. The molecular weight excluding hydrogens is 273 g/mol. The molecule has 2 rings (SSSR count). The molecule has 0 aromatic heterocycles. The van der Waals surface area contributed by atoms with Gasteiger partial charge in [0.2, 0.25) is 0 Å². The molecule has 1 aliphatic rings. The summed E-state index contributed by atoms with van der Waals surface area (Å²) in [4.78, 5) is 12.0. The van der Waals surface area contributed by atoms with Crippen molar-refractivity contribution in [2.75, 3.05) is 6.54 Å². The molecule has 18 heavy (non-hydrogen) atoms. The molecule has 1 aliphatic carbocycles. The molecule has 2 N–H and O–H groups in total. The van der Waals surface area contributed by atoms with Gasteiger partial charge in [-0.05, 0) is 37.8 Å². The van der Waals surface area contributed by atoms with Crippen LogP contribution in [0.4, 0.5) is 0 Å². The average Bonchev–Trinajstić information content (AvgIpc) is 3.10. The number of rotatable bonds is 4. The third kappa shape index (κ3) is 2.97. The van der Waals surface area contributed by atoms with Gasteiger partial charge >= 0.3 is 0 Å². The highest BCUT2D eigenvalue weighted by atomic mass is 35.5. The minimum Gasteiger partial charge on any atom is -0.388 e. The van der Waals surface area contributed by atoms with Gasteiger partial charge in [0.05, 0.1) is 21.2 Å². The summed E-state index contributed by atoms with van der Waals surface area (Å²) < 4.78 is 0. The number of amides is 1. The van der Waals surface area contributed by atoms with E-state index in [9.17, 15) is 9.90 Å². The summed E-state index contributed by atoms with van der Waals surface area (Å²) in [6.07, 6.45) is 2.02. The van der Waals surface area contributed by atoms with Crippen LogP contribution in [0.25, 0.3) is 0 Å². The van der Waals surface area contributed by atoms with Gasteiger partial charge in [-0.2, -0.15) is 0 Å². The lowest BCUT2D eigenvalue weighted by molar-refractivity contribution is 0.0354. The van der Waals surface area contributed by atoms with Crippen LogP contribution in [0.3, 0.4) is 0 Å². The number of carbonyl (C=O) groups excluding carboxylic acids is 1. The lowest BCUT2D eigenvalue weighted by Crippen LogP contribution is -2.42. The van der Waals surface area contributed by atoms with E-state index in [-0.39, 0.29) is 23.9 Å². The summed E-state index contributed by atoms with van der Waals surface area (Å²) in [6, 6.07) is 4.91. The normalized spacial score (nSPS) is 18.2. The highest BCUT2D eigenvalue weighted by Crippen LogP contribution is 2.39. The Morgan fingerprint density at radius 3 is 2.50 bits per heavy atom. The standard InChI is InChI=1S/C13H15Cl2NO2/c1-13(18,8-5-6-8)7-16-12(17)11-9(14)3-2-4-10(11)15/h2-4,8,18H,5-7H2,1H3,(H,16,17)/t13-/m1/s1. The van der Waals surface area contributed by atoms with E-state index >= 15 is 0 Å². The molecular formula is C13H15Cl2NO2. The SMILES string of the molecule is C[C@@](O)(CNC(=O)c1c(Cl)cccc1Cl)C1CC1. The molecule has 0 radical (unpaired) electrons. The number of halogens is 2. The van der Waals surface area contributed by atoms with E-state index in [4.69, 9.17) is 23.2 Å². The first-order chi connectivity index (χ1) is 8.42. The lowest BCUT2D eigenvalue weighted by atomic mass is 10.0. The maximum atomic E-state index is 12.0. The first-order valence-electron chi connectivity index (χ1n) is 5.86. The topological polar surface area (TPSA) is 49.3 Å². The van der Waals surface area contributed by atoms with Crippen LogP contribution >= 0.6 is 23.2 Å². The predicted molar refractivity (Wildman–Crippen MR) is 72.1 cm³/mol. The Bertz CT molecular complexity index is 450. The van der Waals surface area contributed by atoms with Gasteiger partial charge in [0.1, 0.15) is 0 Å². The van der Waals surface area contributed by atoms with Crippen molar-refractivity contribution >= 4 is 29.1 Å². The van der Waals surface area contributed by atoms with E-state index in [1.165, 1.54) is 0 Å². The van der Waals surface area contributed by atoms with E-state index in [1.807, 2.05) is 0 Å². The van der Waals surface area contributed by atoms with Gasteiger partial charge in [-0.15, -0.1) is 0 Å². The van der Waals surface area contributed by atoms with Gasteiger partial charge in [0.25, 0.3) is 5.91 Å². The van der Waals surface area contributed by atoms with Crippen molar-refractivity contribution in [2.45, 2.75) is 25.4 Å². The van der Waals surface area contributed by atoms with Gasteiger partial charge in [-0.25, -0.2) is 0 Å². The fourth-order valence-electron chi connectivity index (χ4n) is 1.91. The zero-order valence-electron chi connectivity index (χ0n) is 10.0. The van der Waals surface area contributed by atoms with Gasteiger partial charge in [-0.1, -0.05) is 29.3 Å². The molecule has 1 aromatic rings. The Balaban J connectivity index is 2.04. The summed E-state index contributed by atoms with van der Waals surface area (Å²) >= 11 is 11.9. The maximum absolute atomic E-state index is 12.0. The first-order valence-corrected chi connectivity index (χ1v) is 6.62. The van der Waals surface area contributed by atoms with Gasteiger partial charge in [0, 0.05) is 6.54 Å². The third-order valence-electron chi connectivity index (χ3n) is 3.25. The zero-order chi connectivity index (χ0) is 13.3. The summed E-state index contributed by atoms with van der Waals surface area (Å²) in [5.74, 6) is -0.0777. The number of hydrogen-bond acceptors (Lipinski definition) is 2. The van der Waals surface area contributed by atoms with Crippen LogP contribution < -0.4 is 5.32 Å². The largest absolute Gasteiger partial charge is 0.388 e. The summed E-state index contributed by atoms with van der Waals surface area (Å²) in [6.45, 7) is 1.94. The van der Waals surface area contributed by atoms with E-state index in [1.54, 1.807) is 25.1 Å². The molecule has 0 unspecified atom stereocenters. The fraction of sp³-hybridized carbons (Fsp3) is 0.462.